The molecule has 0 aliphatic carbocycles. The minimum absolute atomic E-state index is 0.0961. The van der Waals surface area contributed by atoms with Gasteiger partial charge in [-0.1, -0.05) is 11.6 Å². The number of halogens is 5. The van der Waals surface area contributed by atoms with E-state index in [1.54, 1.807) is 0 Å². The van der Waals surface area contributed by atoms with Gasteiger partial charge in [-0.25, -0.2) is 9.18 Å². The summed E-state index contributed by atoms with van der Waals surface area (Å²) in [6.45, 7) is 0. The maximum atomic E-state index is 13.5. The first-order valence-electron chi connectivity index (χ1n) is 6.16. The lowest BCUT2D eigenvalue weighted by Crippen LogP contribution is -2.21. The molecule has 0 spiro atoms. The first-order valence-corrected chi connectivity index (χ1v) is 6.54. The zero-order valence-electron chi connectivity index (χ0n) is 11.3. The average Bonchev–Trinajstić information content (AvgIpc) is 2.44. The molecule has 4 nitrogen and oxygen atoms in total. The largest absolute Gasteiger partial charge is 0.416 e. The number of alkyl halides is 3. The highest BCUT2D eigenvalue weighted by Crippen LogP contribution is 2.33. The summed E-state index contributed by atoms with van der Waals surface area (Å²) < 4.78 is 51.4. The van der Waals surface area contributed by atoms with Gasteiger partial charge in [0.1, 0.15) is 5.82 Å². The number of amides is 2. The number of anilines is 3. The molecule has 0 saturated carbocycles. The van der Waals surface area contributed by atoms with E-state index in [1.165, 1.54) is 12.1 Å². The van der Waals surface area contributed by atoms with Crippen LogP contribution in [-0.2, 0) is 6.18 Å². The van der Waals surface area contributed by atoms with Crippen molar-refractivity contribution in [3.8, 4) is 0 Å². The average molecular weight is 348 g/mol. The van der Waals surface area contributed by atoms with E-state index < -0.39 is 23.6 Å². The van der Waals surface area contributed by atoms with E-state index in [0.717, 1.165) is 18.2 Å². The van der Waals surface area contributed by atoms with Crippen LogP contribution < -0.4 is 16.4 Å². The molecular formula is C14H10ClF4N3O. The molecule has 0 radical (unpaired) electrons. The van der Waals surface area contributed by atoms with Gasteiger partial charge in [-0.15, -0.1) is 0 Å². The fourth-order valence-electron chi connectivity index (χ4n) is 1.71. The minimum atomic E-state index is -4.59. The van der Waals surface area contributed by atoms with Gasteiger partial charge in [0.25, 0.3) is 0 Å². The predicted octanol–water partition coefficient (Wildman–Crippen LogP) is 4.72. The van der Waals surface area contributed by atoms with E-state index in [4.69, 9.17) is 17.3 Å². The van der Waals surface area contributed by atoms with Gasteiger partial charge in [0, 0.05) is 5.69 Å². The molecule has 0 bridgehead atoms. The molecule has 0 heterocycles. The standard InChI is InChI=1S/C14H10ClF4N3O/c15-9-3-1-7(14(17,18)19)5-11(9)21-13(23)22-12-6-8(20)2-4-10(12)16/h1-6H,20H2,(H2,21,22,23). The Labute approximate surface area is 133 Å². The minimum Gasteiger partial charge on any atom is -0.399 e. The first-order chi connectivity index (χ1) is 10.7. The highest BCUT2D eigenvalue weighted by molar-refractivity contribution is 6.33. The molecule has 0 aromatic heterocycles. The van der Waals surface area contributed by atoms with Crippen LogP contribution in [0.2, 0.25) is 5.02 Å². The van der Waals surface area contributed by atoms with Crippen LogP contribution in [-0.4, -0.2) is 6.03 Å². The quantitative estimate of drug-likeness (QED) is 0.543. The molecule has 4 N–H and O–H groups in total. The molecule has 0 saturated heterocycles. The number of nitrogens with two attached hydrogens (primary N) is 1. The number of benzene rings is 2. The predicted molar refractivity (Wildman–Crippen MR) is 79.9 cm³/mol. The maximum Gasteiger partial charge on any atom is 0.416 e. The number of nitrogen functional groups attached to an aromatic ring is 1. The topological polar surface area (TPSA) is 67.1 Å². The highest BCUT2D eigenvalue weighted by atomic mass is 35.5. The van der Waals surface area contributed by atoms with Gasteiger partial charge < -0.3 is 16.4 Å². The van der Waals surface area contributed by atoms with Crippen molar-refractivity contribution < 1.29 is 22.4 Å². The molecule has 2 amide bonds. The van der Waals surface area contributed by atoms with Crippen molar-refractivity contribution in [2.24, 2.45) is 0 Å². The third-order valence-corrected chi connectivity index (χ3v) is 3.11. The number of carbonyl (C=O) groups excluding carboxylic acids is 1. The number of nitrogens with one attached hydrogen (secondary N) is 2. The van der Waals surface area contributed by atoms with Crippen LogP contribution >= 0.6 is 11.6 Å². The van der Waals surface area contributed by atoms with Crippen molar-refractivity contribution in [1.29, 1.82) is 0 Å². The van der Waals surface area contributed by atoms with Gasteiger partial charge in [0.15, 0.2) is 0 Å². The molecule has 122 valence electrons. The van der Waals surface area contributed by atoms with Gasteiger partial charge in [0.05, 0.1) is 22.0 Å². The van der Waals surface area contributed by atoms with Crippen molar-refractivity contribution in [2.45, 2.75) is 6.18 Å². The highest BCUT2D eigenvalue weighted by Gasteiger charge is 2.31. The Balaban J connectivity index is 2.18. The number of hydrogen-bond acceptors (Lipinski definition) is 2. The number of hydrogen-bond donors (Lipinski definition) is 3. The normalized spacial score (nSPS) is 11.2. The molecule has 0 unspecified atom stereocenters. The number of urea groups is 1. The molecule has 0 fully saturated rings. The summed E-state index contributed by atoms with van der Waals surface area (Å²) in [6, 6.07) is 5.00. The molecule has 0 aliphatic rings. The monoisotopic (exact) mass is 347 g/mol. The van der Waals surface area contributed by atoms with Crippen molar-refractivity contribution in [2.75, 3.05) is 16.4 Å². The summed E-state index contributed by atoms with van der Waals surface area (Å²) in [7, 11) is 0. The van der Waals surface area contributed by atoms with Crippen molar-refractivity contribution in [3.63, 3.8) is 0 Å². The lowest BCUT2D eigenvalue weighted by Gasteiger charge is -2.13. The summed E-state index contributed by atoms with van der Waals surface area (Å²) in [5.74, 6) is -0.746. The molecule has 2 rings (SSSR count). The summed E-state index contributed by atoms with van der Waals surface area (Å²) in [5.41, 5.74) is 4.21. The Bertz CT molecular complexity index is 749. The van der Waals surface area contributed by atoms with Crippen LogP contribution in [0.15, 0.2) is 36.4 Å². The molecular weight excluding hydrogens is 338 g/mol. The van der Waals surface area contributed by atoms with Crippen LogP contribution in [0, 0.1) is 5.82 Å². The molecule has 9 heteroatoms. The molecule has 2 aromatic rings. The van der Waals surface area contributed by atoms with E-state index >= 15 is 0 Å². The van der Waals surface area contributed by atoms with Crippen LogP contribution in [0.25, 0.3) is 0 Å². The molecule has 0 atom stereocenters. The third-order valence-electron chi connectivity index (χ3n) is 2.78. The van der Waals surface area contributed by atoms with Crippen molar-refractivity contribution in [3.05, 3.63) is 52.8 Å². The lowest BCUT2D eigenvalue weighted by atomic mass is 10.2. The second-order valence-electron chi connectivity index (χ2n) is 4.51. The fourth-order valence-corrected chi connectivity index (χ4v) is 1.88. The van der Waals surface area contributed by atoms with E-state index in [2.05, 4.69) is 10.6 Å². The van der Waals surface area contributed by atoms with Gasteiger partial charge in [-0.05, 0) is 36.4 Å². The van der Waals surface area contributed by atoms with Crippen LogP contribution in [0.4, 0.5) is 39.4 Å². The smallest absolute Gasteiger partial charge is 0.399 e. The Morgan fingerprint density at radius 2 is 1.70 bits per heavy atom. The molecule has 0 aliphatic heterocycles. The van der Waals surface area contributed by atoms with E-state index in [9.17, 15) is 22.4 Å². The van der Waals surface area contributed by atoms with Gasteiger partial charge >= 0.3 is 12.2 Å². The summed E-state index contributed by atoms with van der Waals surface area (Å²) in [4.78, 5) is 11.8. The van der Waals surface area contributed by atoms with Crippen molar-refractivity contribution >= 4 is 34.7 Å². The van der Waals surface area contributed by atoms with Gasteiger partial charge in [-0.2, -0.15) is 13.2 Å². The fraction of sp³-hybridized carbons (Fsp3) is 0.0714. The zero-order chi connectivity index (χ0) is 17.2. The second-order valence-corrected chi connectivity index (χ2v) is 4.92. The lowest BCUT2D eigenvalue weighted by molar-refractivity contribution is -0.137. The zero-order valence-corrected chi connectivity index (χ0v) is 12.1. The van der Waals surface area contributed by atoms with E-state index in [0.29, 0.717) is 6.07 Å². The number of carbonyl (C=O) groups is 1. The van der Waals surface area contributed by atoms with E-state index in [1.807, 2.05) is 0 Å². The Morgan fingerprint density at radius 1 is 1.04 bits per heavy atom. The Morgan fingerprint density at radius 3 is 2.35 bits per heavy atom. The summed E-state index contributed by atoms with van der Waals surface area (Å²) in [6.07, 6.45) is -4.59. The molecule has 23 heavy (non-hydrogen) atoms. The molecule has 2 aromatic carbocycles. The van der Waals surface area contributed by atoms with Crippen LogP contribution in [0.5, 0.6) is 0 Å². The van der Waals surface area contributed by atoms with E-state index in [-0.39, 0.29) is 22.1 Å². The van der Waals surface area contributed by atoms with Crippen molar-refractivity contribution in [1.82, 2.24) is 0 Å². The summed E-state index contributed by atoms with van der Waals surface area (Å²) in [5, 5.41) is 4.17. The van der Waals surface area contributed by atoms with Gasteiger partial charge in [0.2, 0.25) is 0 Å². The summed E-state index contributed by atoms with van der Waals surface area (Å²) >= 11 is 5.75. The maximum absolute atomic E-state index is 13.5. The van der Waals surface area contributed by atoms with Crippen LogP contribution in [0.3, 0.4) is 0 Å². The Hall–Kier alpha value is -2.48. The van der Waals surface area contributed by atoms with Crippen LogP contribution in [0.1, 0.15) is 5.56 Å². The SMILES string of the molecule is Nc1ccc(F)c(NC(=O)Nc2cc(C(F)(F)F)ccc2Cl)c1. The third kappa shape index (κ3) is 4.26. The Kier molecular flexibility index (Phi) is 4.65. The van der Waals surface area contributed by atoms with Gasteiger partial charge in [-0.3, -0.25) is 0 Å². The first kappa shape index (κ1) is 16.9. The number of rotatable bonds is 2. The second kappa shape index (κ2) is 6.33.